The van der Waals surface area contributed by atoms with Gasteiger partial charge in [-0.15, -0.1) is 11.3 Å². The van der Waals surface area contributed by atoms with E-state index in [2.05, 4.69) is 22.3 Å². The third kappa shape index (κ3) is 4.45. The minimum absolute atomic E-state index is 0.0517. The fourth-order valence-corrected chi connectivity index (χ4v) is 2.71. The summed E-state index contributed by atoms with van der Waals surface area (Å²) in [6, 6.07) is 5.86. The molecule has 0 saturated carbocycles. The second kappa shape index (κ2) is 7.07. The molecule has 2 aromatic rings. The van der Waals surface area contributed by atoms with E-state index >= 15 is 0 Å². The average molecular weight is 302 g/mol. The van der Waals surface area contributed by atoms with Gasteiger partial charge in [-0.3, -0.25) is 9.48 Å². The summed E-state index contributed by atoms with van der Waals surface area (Å²) >= 11 is 1.56. The summed E-state index contributed by atoms with van der Waals surface area (Å²) in [6.07, 6.45) is 0. The molecule has 0 unspecified atom stereocenters. The molecule has 110 valence electrons. The smallest absolute Gasteiger partial charge is 0.242 e. The first kappa shape index (κ1) is 15.3. The highest BCUT2D eigenvalue weighted by Crippen LogP contribution is 2.14. The molecule has 0 aromatic carbocycles. The van der Waals surface area contributed by atoms with Crippen molar-refractivity contribution in [2.24, 2.45) is 5.73 Å². The molecular formula is C15H18N4OS. The molecule has 0 radical (unpaired) electrons. The second-order valence-electron chi connectivity index (χ2n) is 4.63. The summed E-state index contributed by atoms with van der Waals surface area (Å²) in [4.78, 5) is 13.9. The zero-order valence-corrected chi connectivity index (χ0v) is 13.0. The van der Waals surface area contributed by atoms with Crippen LogP contribution in [-0.2, 0) is 17.9 Å². The van der Waals surface area contributed by atoms with Crippen LogP contribution in [0.25, 0.3) is 0 Å². The van der Waals surface area contributed by atoms with Crippen LogP contribution in [0.2, 0.25) is 0 Å². The number of rotatable bonds is 4. The van der Waals surface area contributed by atoms with Gasteiger partial charge in [0.1, 0.15) is 6.54 Å². The maximum atomic E-state index is 11.9. The van der Waals surface area contributed by atoms with Crippen LogP contribution in [0.15, 0.2) is 18.2 Å². The van der Waals surface area contributed by atoms with E-state index in [9.17, 15) is 4.79 Å². The maximum absolute atomic E-state index is 11.9. The van der Waals surface area contributed by atoms with Crippen LogP contribution in [0, 0.1) is 25.7 Å². The number of thiophene rings is 1. The minimum atomic E-state index is -0.0517. The molecule has 0 atom stereocenters. The summed E-state index contributed by atoms with van der Waals surface area (Å²) in [6.45, 7) is 4.95. The highest BCUT2D eigenvalue weighted by Gasteiger charge is 2.07. The third-order valence-electron chi connectivity index (χ3n) is 2.83. The van der Waals surface area contributed by atoms with E-state index in [0.29, 0.717) is 13.1 Å². The van der Waals surface area contributed by atoms with Crippen molar-refractivity contribution < 1.29 is 4.79 Å². The van der Waals surface area contributed by atoms with Crippen molar-refractivity contribution in [2.75, 3.05) is 6.54 Å². The topological polar surface area (TPSA) is 72.9 Å². The summed E-state index contributed by atoms with van der Waals surface area (Å²) in [5, 5.41) is 7.16. The predicted molar refractivity (Wildman–Crippen MR) is 83.8 cm³/mol. The highest BCUT2D eigenvalue weighted by molar-refractivity contribution is 7.12. The van der Waals surface area contributed by atoms with Gasteiger partial charge in [0, 0.05) is 10.6 Å². The molecule has 0 bridgehead atoms. The summed E-state index contributed by atoms with van der Waals surface area (Å²) < 4.78 is 1.71. The number of amides is 1. The Kier molecular flexibility index (Phi) is 5.14. The van der Waals surface area contributed by atoms with Crippen molar-refractivity contribution in [1.29, 1.82) is 0 Å². The fourth-order valence-electron chi connectivity index (χ4n) is 1.89. The van der Waals surface area contributed by atoms with Crippen LogP contribution in [0.5, 0.6) is 0 Å². The lowest BCUT2D eigenvalue weighted by atomic mass is 10.4. The Hall–Kier alpha value is -2.10. The van der Waals surface area contributed by atoms with E-state index in [1.54, 1.807) is 16.0 Å². The van der Waals surface area contributed by atoms with Gasteiger partial charge in [0.05, 0.1) is 23.7 Å². The summed E-state index contributed by atoms with van der Waals surface area (Å²) in [5.41, 5.74) is 7.24. The van der Waals surface area contributed by atoms with E-state index in [1.807, 2.05) is 32.0 Å². The second-order valence-corrected chi connectivity index (χ2v) is 5.80. The molecule has 0 spiro atoms. The van der Waals surface area contributed by atoms with Crippen molar-refractivity contribution >= 4 is 17.2 Å². The first-order valence-electron chi connectivity index (χ1n) is 6.64. The molecule has 0 aliphatic rings. The van der Waals surface area contributed by atoms with Gasteiger partial charge in [-0.1, -0.05) is 11.8 Å². The van der Waals surface area contributed by atoms with Crippen molar-refractivity contribution in [1.82, 2.24) is 15.1 Å². The SMILES string of the molecule is Cc1cc(C)n(CC(=O)NCc2ccc(C#CCN)s2)n1. The Balaban J connectivity index is 1.86. The van der Waals surface area contributed by atoms with Gasteiger partial charge in [0.15, 0.2) is 0 Å². The van der Waals surface area contributed by atoms with Crippen molar-refractivity contribution in [2.45, 2.75) is 26.9 Å². The number of carbonyl (C=O) groups excluding carboxylic acids is 1. The molecule has 2 aromatic heterocycles. The first-order valence-corrected chi connectivity index (χ1v) is 7.45. The lowest BCUT2D eigenvalue weighted by Crippen LogP contribution is -2.27. The Morgan fingerprint density at radius 1 is 1.48 bits per heavy atom. The molecule has 2 heterocycles. The highest BCUT2D eigenvalue weighted by atomic mass is 32.1. The molecule has 3 N–H and O–H groups in total. The largest absolute Gasteiger partial charge is 0.350 e. The van der Waals surface area contributed by atoms with Gasteiger partial charge >= 0.3 is 0 Å². The molecule has 0 fully saturated rings. The Morgan fingerprint density at radius 3 is 2.95 bits per heavy atom. The molecular weight excluding hydrogens is 284 g/mol. The summed E-state index contributed by atoms with van der Waals surface area (Å²) in [5.74, 6) is 5.74. The molecule has 1 amide bonds. The van der Waals surface area contributed by atoms with E-state index in [0.717, 1.165) is 21.1 Å². The van der Waals surface area contributed by atoms with Gasteiger partial charge in [-0.05, 0) is 32.0 Å². The maximum Gasteiger partial charge on any atom is 0.242 e. The van der Waals surface area contributed by atoms with E-state index < -0.39 is 0 Å². The third-order valence-corrected chi connectivity index (χ3v) is 3.83. The monoisotopic (exact) mass is 302 g/mol. The van der Waals surface area contributed by atoms with E-state index in [-0.39, 0.29) is 12.5 Å². The number of aromatic nitrogens is 2. The number of nitrogens with one attached hydrogen (secondary N) is 1. The number of nitrogens with two attached hydrogens (primary N) is 1. The molecule has 5 nitrogen and oxygen atoms in total. The number of aryl methyl sites for hydroxylation is 2. The first-order chi connectivity index (χ1) is 10.1. The molecule has 0 saturated heterocycles. The molecule has 21 heavy (non-hydrogen) atoms. The van der Waals surface area contributed by atoms with E-state index in [4.69, 9.17) is 5.73 Å². The van der Waals surface area contributed by atoms with Crippen LogP contribution in [0.1, 0.15) is 21.1 Å². The zero-order chi connectivity index (χ0) is 15.2. The lowest BCUT2D eigenvalue weighted by Gasteiger charge is -2.05. The number of hydrogen-bond acceptors (Lipinski definition) is 4. The van der Waals surface area contributed by atoms with Gasteiger partial charge < -0.3 is 11.1 Å². The van der Waals surface area contributed by atoms with Crippen molar-refractivity contribution in [3.05, 3.63) is 39.3 Å². The standard InChI is InChI=1S/C15H18N4OS/c1-11-8-12(2)19(18-11)10-15(20)17-9-14-6-5-13(21-14)4-3-7-16/h5-6,8H,7,9-10,16H2,1-2H3,(H,17,20). The zero-order valence-electron chi connectivity index (χ0n) is 12.1. The normalized spacial score (nSPS) is 10.0. The van der Waals surface area contributed by atoms with Gasteiger partial charge in [-0.25, -0.2) is 0 Å². The lowest BCUT2D eigenvalue weighted by molar-refractivity contribution is -0.122. The van der Waals surface area contributed by atoms with Crippen LogP contribution in [-0.4, -0.2) is 22.2 Å². The van der Waals surface area contributed by atoms with Gasteiger partial charge in [0.25, 0.3) is 0 Å². The average Bonchev–Trinajstić information content (AvgIpc) is 3.01. The summed E-state index contributed by atoms with van der Waals surface area (Å²) in [7, 11) is 0. The Morgan fingerprint density at radius 2 is 2.29 bits per heavy atom. The fraction of sp³-hybridized carbons (Fsp3) is 0.333. The number of nitrogens with zero attached hydrogens (tertiary/aromatic N) is 2. The minimum Gasteiger partial charge on any atom is -0.350 e. The van der Waals surface area contributed by atoms with Crippen LogP contribution in [0.3, 0.4) is 0 Å². The molecule has 6 heteroatoms. The van der Waals surface area contributed by atoms with Crippen molar-refractivity contribution in [3.8, 4) is 11.8 Å². The van der Waals surface area contributed by atoms with Crippen LogP contribution >= 0.6 is 11.3 Å². The Bertz CT molecular complexity index is 690. The number of hydrogen-bond donors (Lipinski definition) is 2. The van der Waals surface area contributed by atoms with Crippen LogP contribution in [0.4, 0.5) is 0 Å². The van der Waals surface area contributed by atoms with Crippen LogP contribution < -0.4 is 11.1 Å². The number of carbonyl (C=O) groups is 1. The molecule has 0 aliphatic carbocycles. The molecule has 2 rings (SSSR count). The quantitative estimate of drug-likeness (QED) is 0.833. The predicted octanol–water partition coefficient (Wildman–Crippen LogP) is 1.19. The van der Waals surface area contributed by atoms with Gasteiger partial charge in [-0.2, -0.15) is 5.10 Å². The van der Waals surface area contributed by atoms with Gasteiger partial charge in [0.2, 0.25) is 5.91 Å². The van der Waals surface area contributed by atoms with E-state index in [1.165, 1.54) is 0 Å². The Labute approximate surface area is 128 Å². The van der Waals surface area contributed by atoms with Crippen molar-refractivity contribution in [3.63, 3.8) is 0 Å². The molecule has 0 aliphatic heterocycles.